The van der Waals surface area contributed by atoms with Crippen molar-refractivity contribution < 1.29 is 32.6 Å². The molecule has 3 heterocycles. The highest BCUT2D eigenvalue weighted by atomic mass is 32.2. The molecule has 2 fully saturated rings. The number of hydrogen-bond donors (Lipinski definition) is 1. The summed E-state index contributed by atoms with van der Waals surface area (Å²) in [6, 6.07) is 5.90. The molecule has 2 aliphatic rings. The van der Waals surface area contributed by atoms with E-state index in [1.807, 2.05) is 34.9 Å². The average Bonchev–Trinajstić information content (AvgIpc) is 3.03. The van der Waals surface area contributed by atoms with Crippen molar-refractivity contribution in [3.05, 3.63) is 30.1 Å². The fraction of sp³-hybridized carbons (Fsp3) is 0.632. The van der Waals surface area contributed by atoms with E-state index >= 15 is 0 Å². The van der Waals surface area contributed by atoms with Crippen LogP contribution in [0.2, 0.25) is 0 Å². The second-order valence-electron chi connectivity index (χ2n) is 7.60. The molecule has 10 heteroatoms. The van der Waals surface area contributed by atoms with Crippen molar-refractivity contribution >= 4 is 23.6 Å². The Kier molecular flexibility index (Phi) is 7.93. The minimum absolute atomic E-state index is 0.251. The highest BCUT2D eigenvalue weighted by Gasteiger charge is 2.50. The van der Waals surface area contributed by atoms with Crippen LogP contribution in [0.25, 0.3) is 0 Å². The molecule has 6 nitrogen and oxygen atoms in total. The van der Waals surface area contributed by atoms with E-state index in [0.29, 0.717) is 24.9 Å². The molecule has 0 saturated carbocycles. The summed E-state index contributed by atoms with van der Waals surface area (Å²) in [6.45, 7) is 6.57. The minimum Gasteiger partial charge on any atom is -0.475 e. The van der Waals surface area contributed by atoms with Crippen LogP contribution in [0.15, 0.2) is 24.4 Å². The van der Waals surface area contributed by atoms with Gasteiger partial charge in [-0.25, -0.2) is 4.79 Å². The van der Waals surface area contributed by atoms with Crippen molar-refractivity contribution in [2.24, 2.45) is 5.92 Å². The van der Waals surface area contributed by atoms with Gasteiger partial charge in [-0.2, -0.15) is 13.2 Å². The number of pyridine rings is 1. The Hall–Kier alpha value is -1.81. The lowest BCUT2D eigenvalue weighted by molar-refractivity contribution is -0.192. The third-order valence-corrected chi connectivity index (χ3v) is 6.08. The van der Waals surface area contributed by atoms with Crippen molar-refractivity contribution in [2.75, 3.05) is 18.8 Å². The van der Waals surface area contributed by atoms with Crippen molar-refractivity contribution in [3.63, 3.8) is 0 Å². The smallest absolute Gasteiger partial charge is 0.475 e. The number of carboxylic acid groups (broad SMARTS) is 1. The summed E-state index contributed by atoms with van der Waals surface area (Å²) in [5, 5.41) is 7.12. The molecule has 2 aliphatic heterocycles. The van der Waals surface area contributed by atoms with E-state index in [9.17, 15) is 18.0 Å². The Morgan fingerprint density at radius 1 is 1.38 bits per heavy atom. The van der Waals surface area contributed by atoms with Crippen LogP contribution in [-0.4, -0.2) is 62.7 Å². The number of amides is 1. The fourth-order valence-corrected chi connectivity index (χ4v) is 4.67. The molecule has 1 N–H and O–H groups in total. The van der Waals surface area contributed by atoms with Gasteiger partial charge in [-0.3, -0.25) is 9.78 Å². The number of hydrogen-bond acceptors (Lipinski definition) is 5. The number of ether oxygens (including phenoxy) is 1. The van der Waals surface area contributed by atoms with Crippen LogP contribution in [0.5, 0.6) is 0 Å². The summed E-state index contributed by atoms with van der Waals surface area (Å²) < 4.78 is 38.0. The van der Waals surface area contributed by atoms with Crippen LogP contribution in [0.3, 0.4) is 0 Å². The number of carboxylic acids is 1. The van der Waals surface area contributed by atoms with E-state index in [4.69, 9.17) is 14.6 Å². The van der Waals surface area contributed by atoms with Crippen molar-refractivity contribution in [2.45, 2.75) is 50.3 Å². The Morgan fingerprint density at radius 3 is 2.55 bits per heavy atom. The molecule has 1 unspecified atom stereocenters. The molecule has 1 aromatic rings. The summed E-state index contributed by atoms with van der Waals surface area (Å²) >= 11 is 1.98. The van der Waals surface area contributed by atoms with Crippen LogP contribution < -0.4 is 0 Å². The van der Waals surface area contributed by atoms with Crippen LogP contribution >= 0.6 is 11.8 Å². The number of carbonyl (C=O) groups excluding carboxylic acids is 1. The topological polar surface area (TPSA) is 79.7 Å². The number of thioether (sulfide) groups is 1. The molecule has 29 heavy (non-hydrogen) atoms. The molecule has 3 rings (SSSR count). The van der Waals surface area contributed by atoms with Gasteiger partial charge in [-0.05, 0) is 24.5 Å². The lowest BCUT2D eigenvalue weighted by Crippen LogP contribution is -2.60. The van der Waals surface area contributed by atoms with Gasteiger partial charge in [-0.15, -0.1) is 11.8 Å². The third kappa shape index (κ3) is 7.18. The Labute approximate surface area is 171 Å². The third-order valence-electron chi connectivity index (χ3n) is 4.50. The first-order valence-electron chi connectivity index (χ1n) is 9.24. The van der Waals surface area contributed by atoms with Crippen molar-refractivity contribution in [3.8, 4) is 0 Å². The maximum absolute atomic E-state index is 12.0. The number of likely N-dealkylation sites (tertiary alicyclic amines) is 1. The predicted octanol–water partition coefficient (Wildman–Crippen LogP) is 3.36. The van der Waals surface area contributed by atoms with E-state index in [0.717, 1.165) is 31.0 Å². The number of aliphatic carboxylic acids is 1. The molecule has 0 bridgehead atoms. The first-order valence-corrected chi connectivity index (χ1v) is 10.2. The van der Waals surface area contributed by atoms with Gasteiger partial charge >= 0.3 is 12.1 Å². The number of carbonyl (C=O) groups is 2. The Morgan fingerprint density at radius 2 is 2.03 bits per heavy atom. The van der Waals surface area contributed by atoms with Crippen LogP contribution in [-0.2, 0) is 20.9 Å². The average molecular weight is 434 g/mol. The van der Waals surface area contributed by atoms with E-state index in [2.05, 4.69) is 18.8 Å². The van der Waals surface area contributed by atoms with Crippen LogP contribution in [0.1, 0.15) is 32.4 Å². The molecule has 0 aliphatic carbocycles. The SMILES string of the molecule is CC(C)CC(=O)N1CC2(CC(OCc3ccccn3)CS2)C1.O=C(O)C(F)(F)F. The molecule has 162 valence electrons. The quantitative estimate of drug-likeness (QED) is 0.766. The highest BCUT2D eigenvalue weighted by Crippen LogP contribution is 2.46. The van der Waals surface area contributed by atoms with E-state index in [1.54, 1.807) is 6.20 Å². The molecule has 1 atom stereocenters. The first-order chi connectivity index (χ1) is 13.5. The number of rotatable bonds is 5. The molecule has 1 amide bonds. The van der Waals surface area contributed by atoms with E-state index in [1.165, 1.54) is 0 Å². The Bertz CT molecular complexity index is 694. The zero-order valence-corrected chi connectivity index (χ0v) is 17.1. The van der Waals surface area contributed by atoms with Gasteiger partial charge in [0.2, 0.25) is 5.91 Å². The fourth-order valence-electron chi connectivity index (χ4n) is 3.12. The van der Waals surface area contributed by atoms with Gasteiger partial charge < -0.3 is 14.7 Å². The van der Waals surface area contributed by atoms with Gasteiger partial charge in [0.15, 0.2) is 0 Å². The maximum atomic E-state index is 12.0. The zero-order chi connectivity index (χ0) is 21.7. The molecule has 1 aromatic heterocycles. The van der Waals surface area contributed by atoms with Crippen LogP contribution in [0, 0.1) is 5.92 Å². The second kappa shape index (κ2) is 9.80. The normalized spacial score (nSPS) is 20.2. The number of nitrogens with zero attached hydrogens (tertiary/aromatic N) is 2. The van der Waals surface area contributed by atoms with Gasteiger partial charge in [-0.1, -0.05) is 19.9 Å². The van der Waals surface area contributed by atoms with Crippen molar-refractivity contribution in [1.29, 1.82) is 0 Å². The summed E-state index contributed by atoms with van der Waals surface area (Å²) in [5.41, 5.74) is 0.982. The van der Waals surface area contributed by atoms with Crippen molar-refractivity contribution in [1.82, 2.24) is 9.88 Å². The molecule has 0 radical (unpaired) electrons. The Balaban J connectivity index is 0.000000370. The molecule has 2 saturated heterocycles. The summed E-state index contributed by atoms with van der Waals surface area (Å²) in [4.78, 5) is 27.2. The second-order valence-corrected chi connectivity index (χ2v) is 9.09. The summed E-state index contributed by atoms with van der Waals surface area (Å²) in [7, 11) is 0. The summed E-state index contributed by atoms with van der Waals surface area (Å²) in [6.07, 6.45) is -1.28. The maximum Gasteiger partial charge on any atom is 0.490 e. The van der Waals surface area contributed by atoms with Gasteiger partial charge in [0.05, 0.1) is 23.2 Å². The standard InChI is InChI=1S/C17H24N2O2S.C2HF3O2/c1-13(2)7-16(20)19-11-17(12-19)8-15(10-22-17)21-9-14-5-3-4-6-18-14;3-2(4,5)1(6)7/h3-6,13,15H,7-12H2,1-2H3;(H,6,7). The molecular weight excluding hydrogens is 409 g/mol. The number of aromatic nitrogens is 1. The lowest BCUT2D eigenvalue weighted by atomic mass is 9.92. The van der Waals surface area contributed by atoms with E-state index < -0.39 is 12.1 Å². The van der Waals surface area contributed by atoms with Gasteiger partial charge in [0.25, 0.3) is 0 Å². The largest absolute Gasteiger partial charge is 0.490 e. The minimum atomic E-state index is -5.08. The predicted molar refractivity (Wildman–Crippen MR) is 102 cm³/mol. The number of halogens is 3. The molecule has 1 spiro atoms. The monoisotopic (exact) mass is 434 g/mol. The van der Waals surface area contributed by atoms with Gasteiger partial charge in [0.1, 0.15) is 0 Å². The first kappa shape index (κ1) is 23.5. The molecular formula is C19H25F3N2O4S. The number of alkyl halides is 3. The van der Waals surface area contributed by atoms with Crippen LogP contribution in [0.4, 0.5) is 13.2 Å². The lowest BCUT2D eigenvalue weighted by Gasteiger charge is -2.47. The summed E-state index contributed by atoms with van der Waals surface area (Å²) in [5.74, 6) is -0.986. The van der Waals surface area contributed by atoms with E-state index in [-0.39, 0.29) is 10.9 Å². The zero-order valence-electron chi connectivity index (χ0n) is 16.3. The molecule has 0 aromatic carbocycles. The highest BCUT2D eigenvalue weighted by molar-refractivity contribution is 8.01. The van der Waals surface area contributed by atoms with Gasteiger partial charge in [0, 0.05) is 31.5 Å².